The van der Waals surface area contributed by atoms with Crippen molar-refractivity contribution in [1.82, 2.24) is 15.2 Å². The van der Waals surface area contributed by atoms with Crippen LogP contribution in [-0.2, 0) is 0 Å². The molecular formula is C21H15Cl2N5O3. The van der Waals surface area contributed by atoms with Gasteiger partial charge >= 0.3 is 6.03 Å². The molecule has 0 atom stereocenters. The molecule has 31 heavy (non-hydrogen) atoms. The van der Waals surface area contributed by atoms with Gasteiger partial charge in [0.1, 0.15) is 17.2 Å². The molecule has 4 rings (SSSR count). The monoisotopic (exact) mass is 455 g/mol. The van der Waals surface area contributed by atoms with Crippen molar-refractivity contribution in [2.75, 3.05) is 10.6 Å². The molecule has 0 spiro atoms. The second-order valence-corrected chi connectivity index (χ2v) is 7.17. The third-order valence-corrected chi connectivity index (χ3v) is 4.98. The van der Waals surface area contributed by atoms with Crippen LogP contribution in [0, 0.1) is 6.92 Å². The van der Waals surface area contributed by atoms with Crippen molar-refractivity contribution in [1.29, 1.82) is 0 Å². The topological polar surface area (TPSA) is 102 Å². The van der Waals surface area contributed by atoms with Crippen LogP contribution in [0.25, 0.3) is 11.6 Å². The number of pyridine rings is 1. The molecular weight excluding hydrogens is 441 g/mol. The Balaban J connectivity index is 1.46. The van der Waals surface area contributed by atoms with Crippen molar-refractivity contribution >= 4 is 40.6 Å². The Morgan fingerprint density at radius 3 is 2.71 bits per heavy atom. The smallest absolute Gasteiger partial charge is 0.323 e. The standard InChI is InChI=1S/C21H15Cl2N5O3/c1-12-5-6-16(22)18(23)19(12)27-21(29)26-13-3-2-4-14(9-13)31-15-7-8-24-17(10-15)20-28-25-11-30-20/h2-11H,1H3,(H2,26,27,29). The molecule has 0 saturated carbocycles. The number of nitrogens with zero attached hydrogens (tertiary/aromatic N) is 3. The number of rotatable bonds is 5. The van der Waals surface area contributed by atoms with Gasteiger partial charge in [0.2, 0.25) is 6.39 Å². The first-order valence-electron chi connectivity index (χ1n) is 9.03. The second-order valence-electron chi connectivity index (χ2n) is 6.38. The van der Waals surface area contributed by atoms with Crippen LogP contribution in [0.1, 0.15) is 5.56 Å². The quantitative estimate of drug-likeness (QED) is 0.372. The number of aromatic nitrogens is 3. The van der Waals surface area contributed by atoms with E-state index in [1.807, 2.05) is 6.92 Å². The summed E-state index contributed by atoms with van der Waals surface area (Å²) in [4.78, 5) is 16.6. The first-order chi connectivity index (χ1) is 15.0. The van der Waals surface area contributed by atoms with Gasteiger partial charge in [0.25, 0.3) is 5.89 Å². The SMILES string of the molecule is Cc1ccc(Cl)c(Cl)c1NC(=O)Nc1cccc(Oc2ccnc(-c3nnco3)c2)c1. The lowest BCUT2D eigenvalue weighted by molar-refractivity contribution is 0.262. The Hall–Kier alpha value is -3.62. The van der Waals surface area contributed by atoms with E-state index in [4.69, 9.17) is 32.4 Å². The number of urea groups is 1. The maximum Gasteiger partial charge on any atom is 0.323 e. The van der Waals surface area contributed by atoms with E-state index in [0.717, 1.165) is 5.56 Å². The summed E-state index contributed by atoms with van der Waals surface area (Å²) in [5.41, 5.74) is 2.25. The molecule has 2 heterocycles. The molecule has 2 aromatic carbocycles. The molecule has 2 N–H and O–H groups in total. The van der Waals surface area contributed by atoms with Crippen molar-refractivity contribution in [3.63, 3.8) is 0 Å². The van der Waals surface area contributed by atoms with Crippen molar-refractivity contribution in [3.05, 3.63) is 76.7 Å². The summed E-state index contributed by atoms with van der Waals surface area (Å²) in [7, 11) is 0. The van der Waals surface area contributed by atoms with E-state index in [0.29, 0.717) is 33.6 Å². The van der Waals surface area contributed by atoms with E-state index >= 15 is 0 Å². The number of carbonyl (C=O) groups excluding carboxylic acids is 1. The lowest BCUT2D eigenvalue weighted by atomic mass is 10.2. The minimum Gasteiger partial charge on any atom is -0.457 e. The van der Waals surface area contributed by atoms with Crippen LogP contribution in [0.15, 0.2) is 65.5 Å². The molecule has 156 valence electrons. The molecule has 0 saturated heterocycles. The third-order valence-electron chi connectivity index (χ3n) is 4.18. The predicted octanol–water partition coefficient (Wildman–Crippen LogP) is 6.18. The minimum atomic E-state index is -0.466. The van der Waals surface area contributed by atoms with Crippen molar-refractivity contribution in [2.24, 2.45) is 0 Å². The Labute approximate surface area is 187 Å². The van der Waals surface area contributed by atoms with Crippen LogP contribution >= 0.6 is 23.2 Å². The fourth-order valence-corrected chi connectivity index (χ4v) is 3.14. The number of halogens is 2. The van der Waals surface area contributed by atoms with Gasteiger partial charge in [-0.15, -0.1) is 10.2 Å². The summed E-state index contributed by atoms with van der Waals surface area (Å²) in [6.07, 6.45) is 2.80. The van der Waals surface area contributed by atoms with Crippen LogP contribution in [-0.4, -0.2) is 21.2 Å². The normalized spacial score (nSPS) is 10.5. The zero-order valence-electron chi connectivity index (χ0n) is 16.1. The molecule has 2 amide bonds. The number of anilines is 2. The minimum absolute atomic E-state index is 0.281. The molecule has 8 nitrogen and oxygen atoms in total. The third kappa shape index (κ3) is 4.93. The van der Waals surface area contributed by atoms with Crippen LogP contribution in [0.5, 0.6) is 11.5 Å². The van der Waals surface area contributed by atoms with Gasteiger partial charge in [0.05, 0.1) is 15.7 Å². The number of carbonyl (C=O) groups is 1. The zero-order valence-corrected chi connectivity index (χ0v) is 17.6. The maximum atomic E-state index is 12.4. The Kier molecular flexibility index (Phi) is 6.01. The molecule has 10 heteroatoms. The number of aryl methyl sites for hydroxylation is 1. The van der Waals surface area contributed by atoms with Gasteiger partial charge in [-0.3, -0.25) is 4.98 Å². The van der Waals surface area contributed by atoms with Gasteiger partial charge in [-0.05, 0) is 36.8 Å². The molecule has 0 bridgehead atoms. The largest absolute Gasteiger partial charge is 0.457 e. The highest BCUT2D eigenvalue weighted by molar-refractivity contribution is 6.44. The number of hydrogen-bond acceptors (Lipinski definition) is 6. The van der Waals surface area contributed by atoms with Crippen molar-refractivity contribution in [3.8, 4) is 23.1 Å². The van der Waals surface area contributed by atoms with Gasteiger partial charge in [0.15, 0.2) is 0 Å². The maximum absolute atomic E-state index is 12.4. The van der Waals surface area contributed by atoms with Crippen LogP contribution < -0.4 is 15.4 Å². The van der Waals surface area contributed by atoms with E-state index in [1.54, 1.807) is 54.7 Å². The van der Waals surface area contributed by atoms with Gasteiger partial charge < -0.3 is 19.8 Å². The highest BCUT2D eigenvalue weighted by atomic mass is 35.5. The first kappa shape index (κ1) is 20.6. The zero-order chi connectivity index (χ0) is 21.8. The average Bonchev–Trinajstić information content (AvgIpc) is 3.29. The van der Waals surface area contributed by atoms with Gasteiger partial charge in [-0.2, -0.15) is 0 Å². The molecule has 0 aliphatic heterocycles. The first-order valence-corrected chi connectivity index (χ1v) is 9.78. The molecule has 0 fully saturated rings. The lowest BCUT2D eigenvalue weighted by Crippen LogP contribution is -2.20. The van der Waals surface area contributed by atoms with Gasteiger partial charge in [0, 0.05) is 24.0 Å². The van der Waals surface area contributed by atoms with Crippen LogP contribution in [0.4, 0.5) is 16.2 Å². The Morgan fingerprint density at radius 2 is 1.90 bits per heavy atom. The number of benzene rings is 2. The number of amides is 2. The molecule has 0 aliphatic rings. The number of nitrogens with one attached hydrogen (secondary N) is 2. The fourth-order valence-electron chi connectivity index (χ4n) is 2.73. The van der Waals surface area contributed by atoms with Gasteiger partial charge in [-0.1, -0.05) is 35.3 Å². The summed E-state index contributed by atoms with van der Waals surface area (Å²) in [5, 5.41) is 13.6. The van der Waals surface area contributed by atoms with E-state index in [9.17, 15) is 4.79 Å². The van der Waals surface area contributed by atoms with E-state index in [-0.39, 0.29) is 10.9 Å². The molecule has 0 radical (unpaired) electrons. The summed E-state index contributed by atoms with van der Waals surface area (Å²) in [6, 6.07) is 13.3. The Bertz CT molecular complexity index is 1230. The second kappa shape index (κ2) is 9.03. The van der Waals surface area contributed by atoms with Gasteiger partial charge in [-0.25, -0.2) is 4.79 Å². The fraction of sp³-hybridized carbons (Fsp3) is 0.0476. The molecule has 0 aliphatic carbocycles. The van der Waals surface area contributed by atoms with Crippen LogP contribution in [0.2, 0.25) is 10.0 Å². The summed E-state index contributed by atoms with van der Waals surface area (Å²) in [5.74, 6) is 1.32. The van der Waals surface area contributed by atoms with Crippen LogP contribution in [0.3, 0.4) is 0 Å². The number of ether oxygens (including phenoxy) is 1. The molecule has 2 aromatic heterocycles. The lowest BCUT2D eigenvalue weighted by Gasteiger charge is -2.13. The number of hydrogen-bond donors (Lipinski definition) is 2. The van der Waals surface area contributed by atoms with E-state index < -0.39 is 6.03 Å². The summed E-state index contributed by atoms with van der Waals surface area (Å²) >= 11 is 12.2. The van der Waals surface area contributed by atoms with Crippen molar-refractivity contribution < 1.29 is 13.9 Å². The highest BCUT2D eigenvalue weighted by Gasteiger charge is 2.12. The Morgan fingerprint density at radius 1 is 1.06 bits per heavy atom. The van der Waals surface area contributed by atoms with Crippen molar-refractivity contribution in [2.45, 2.75) is 6.92 Å². The molecule has 4 aromatic rings. The van der Waals surface area contributed by atoms with E-state index in [2.05, 4.69) is 25.8 Å². The predicted molar refractivity (Wildman–Crippen MR) is 118 cm³/mol. The summed E-state index contributed by atoms with van der Waals surface area (Å²) in [6.45, 7) is 1.82. The average molecular weight is 456 g/mol. The van der Waals surface area contributed by atoms with E-state index in [1.165, 1.54) is 6.39 Å². The highest BCUT2D eigenvalue weighted by Crippen LogP contribution is 2.33. The summed E-state index contributed by atoms with van der Waals surface area (Å²) < 4.78 is 11.0. The molecule has 0 unspecified atom stereocenters.